The summed E-state index contributed by atoms with van der Waals surface area (Å²) in [5, 5.41) is 2.75. The molecule has 0 radical (unpaired) electrons. The van der Waals surface area contributed by atoms with Gasteiger partial charge >= 0.3 is 5.97 Å². The zero-order valence-corrected chi connectivity index (χ0v) is 17.2. The van der Waals surface area contributed by atoms with Gasteiger partial charge < -0.3 is 19.7 Å². The highest BCUT2D eigenvalue weighted by molar-refractivity contribution is 5.97. The first-order valence-corrected chi connectivity index (χ1v) is 9.54. The quantitative estimate of drug-likeness (QED) is 0.577. The van der Waals surface area contributed by atoms with Gasteiger partial charge in [0.2, 0.25) is 0 Å². The molecule has 1 N–H and O–H groups in total. The van der Waals surface area contributed by atoms with E-state index in [1.165, 1.54) is 6.92 Å². The van der Waals surface area contributed by atoms with E-state index in [-0.39, 0.29) is 0 Å². The number of carbonyl (C=O) groups is 2. The Bertz CT molecular complexity index is 984. The first kappa shape index (κ1) is 20.9. The predicted octanol–water partition coefficient (Wildman–Crippen LogP) is 4.73. The van der Waals surface area contributed by atoms with E-state index in [4.69, 9.17) is 9.47 Å². The third-order valence-corrected chi connectivity index (χ3v) is 4.37. The Labute approximate surface area is 176 Å². The zero-order chi connectivity index (χ0) is 21.5. The Morgan fingerprint density at radius 2 is 1.43 bits per heavy atom. The van der Waals surface area contributed by atoms with Crippen molar-refractivity contribution in [3.63, 3.8) is 0 Å². The molecule has 6 heteroatoms. The van der Waals surface area contributed by atoms with Gasteiger partial charge in [-0.3, -0.25) is 4.79 Å². The number of para-hydroxylation sites is 1. The molecule has 0 heterocycles. The lowest BCUT2D eigenvalue weighted by molar-refractivity contribution is -0.123. The molecule has 3 aromatic carbocycles. The molecule has 0 unspecified atom stereocenters. The van der Waals surface area contributed by atoms with E-state index in [0.29, 0.717) is 22.7 Å². The lowest BCUT2D eigenvalue weighted by Crippen LogP contribution is -2.30. The molecule has 0 saturated carbocycles. The first-order chi connectivity index (χ1) is 14.4. The molecule has 0 bridgehead atoms. The number of nitrogens with one attached hydrogen (secondary N) is 1. The second-order valence-corrected chi connectivity index (χ2v) is 6.92. The molecule has 0 saturated heterocycles. The van der Waals surface area contributed by atoms with Gasteiger partial charge in [-0.05, 0) is 67.6 Å². The Kier molecular flexibility index (Phi) is 6.70. The molecular formula is C24H24N2O4. The number of hydrogen-bond acceptors (Lipinski definition) is 5. The van der Waals surface area contributed by atoms with Gasteiger partial charge in [-0.25, -0.2) is 4.79 Å². The largest absolute Gasteiger partial charge is 0.457 e. The maximum atomic E-state index is 12.4. The van der Waals surface area contributed by atoms with E-state index < -0.39 is 18.0 Å². The van der Waals surface area contributed by atoms with Crippen molar-refractivity contribution in [2.75, 3.05) is 24.3 Å². The summed E-state index contributed by atoms with van der Waals surface area (Å²) in [6.45, 7) is 1.54. The van der Waals surface area contributed by atoms with Crippen LogP contribution in [0.1, 0.15) is 17.3 Å². The molecule has 0 aliphatic carbocycles. The number of carbonyl (C=O) groups excluding carboxylic acids is 2. The Morgan fingerprint density at radius 1 is 0.833 bits per heavy atom. The molecular weight excluding hydrogens is 380 g/mol. The van der Waals surface area contributed by atoms with Crippen molar-refractivity contribution >= 4 is 23.3 Å². The average Bonchev–Trinajstić information content (AvgIpc) is 2.75. The van der Waals surface area contributed by atoms with Gasteiger partial charge in [0.1, 0.15) is 11.5 Å². The van der Waals surface area contributed by atoms with Gasteiger partial charge in [0.15, 0.2) is 6.10 Å². The van der Waals surface area contributed by atoms with Crippen LogP contribution in [-0.2, 0) is 9.53 Å². The minimum absolute atomic E-state index is 0.338. The van der Waals surface area contributed by atoms with Crippen molar-refractivity contribution in [2.24, 2.45) is 0 Å². The molecule has 3 aromatic rings. The van der Waals surface area contributed by atoms with E-state index in [0.717, 1.165) is 5.69 Å². The minimum Gasteiger partial charge on any atom is -0.457 e. The smallest absolute Gasteiger partial charge is 0.338 e. The number of anilines is 2. The second kappa shape index (κ2) is 9.60. The van der Waals surface area contributed by atoms with Gasteiger partial charge in [0, 0.05) is 25.5 Å². The van der Waals surface area contributed by atoms with Crippen LogP contribution in [0.4, 0.5) is 11.4 Å². The summed E-state index contributed by atoms with van der Waals surface area (Å²) in [5.41, 5.74) is 1.99. The molecule has 0 spiro atoms. The molecule has 0 aliphatic rings. The van der Waals surface area contributed by atoms with Crippen LogP contribution in [0.25, 0.3) is 0 Å². The first-order valence-electron chi connectivity index (χ1n) is 9.54. The normalized spacial score (nSPS) is 11.3. The summed E-state index contributed by atoms with van der Waals surface area (Å²) in [6, 6.07) is 23.3. The van der Waals surface area contributed by atoms with Gasteiger partial charge in [0.05, 0.1) is 5.56 Å². The zero-order valence-electron chi connectivity index (χ0n) is 17.2. The van der Waals surface area contributed by atoms with E-state index in [2.05, 4.69) is 5.32 Å². The van der Waals surface area contributed by atoms with Crippen LogP contribution in [0.3, 0.4) is 0 Å². The molecule has 0 aliphatic heterocycles. The van der Waals surface area contributed by atoms with Gasteiger partial charge in [0.25, 0.3) is 5.91 Å². The highest BCUT2D eigenvalue weighted by Crippen LogP contribution is 2.21. The van der Waals surface area contributed by atoms with E-state index in [9.17, 15) is 9.59 Å². The van der Waals surface area contributed by atoms with E-state index in [1.807, 2.05) is 61.5 Å². The molecule has 30 heavy (non-hydrogen) atoms. The molecule has 0 aromatic heterocycles. The minimum atomic E-state index is -0.939. The van der Waals surface area contributed by atoms with Crippen LogP contribution in [0.5, 0.6) is 11.5 Å². The van der Waals surface area contributed by atoms with Crippen LogP contribution < -0.4 is 15.0 Å². The molecule has 6 nitrogen and oxygen atoms in total. The summed E-state index contributed by atoms with van der Waals surface area (Å²) in [4.78, 5) is 26.7. The summed E-state index contributed by atoms with van der Waals surface area (Å²) < 4.78 is 11.0. The number of benzene rings is 3. The Balaban J connectivity index is 1.54. The fourth-order valence-corrected chi connectivity index (χ4v) is 2.65. The van der Waals surface area contributed by atoms with Crippen LogP contribution in [-0.4, -0.2) is 32.1 Å². The topological polar surface area (TPSA) is 67.9 Å². The molecule has 1 amide bonds. The summed E-state index contributed by atoms with van der Waals surface area (Å²) in [5.74, 6) is 0.332. The fraction of sp³-hybridized carbons (Fsp3) is 0.167. The molecule has 154 valence electrons. The predicted molar refractivity (Wildman–Crippen MR) is 117 cm³/mol. The number of hydrogen-bond donors (Lipinski definition) is 1. The van der Waals surface area contributed by atoms with Gasteiger partial charge in [-0.2, -0.15) is 0 Å². The lowest BCUT2D eigenvalue weighted by atomic mass is 10.2. The van der Waals surface area contributed by atoms with E-state index in [1.54, 1.807) is 36.4 Å². The molecule has 3 rings (SSSR count). The van der Waals surface area contributed by atoms with Crippen LogP contribution in [0.15, 0.2) is 78.9 Å². The number of rotatable bonds is 7. The highest BCUT2D eigenvalue weighted by atomic mass is 16.5. The molecule has 1 atom stereocenters. The number of esters is 1. The van der Waals surface area contributed by atoms with Crippen LogP contribution in [0.2, 0.25) is 0 Å². The van der Waals surface area contributed by atoms with Gasteiger partial charge in [-0.1, -0.05) is 18.2 Å². The summed E-state index contributed by atoms with van der Waals surface area (Å²) >= 11 is 0. The maximum Gasteiger partial charge on any atom is 0.338 e. The fourth-order valence-electron chi connectivity index (χ4n) is 2.65. The highest BCUT2D eigenvalue weighted by Gasteiger charge is 2.19. The number of amides is 1. The monoisotopic (exact) mass is 404 g/mol. The average molecular weight is 404 g/mol. The third kappa shape index (κ3) is 5.61. The van der Waals surface area contributed by atoms with Crippen molar-refractivity contribution in [1.82, 2.24) is 0 Å². The number of ether oxygens (including phenoxy) is 2. The Morgan fingerprint density at radius 3 is 2.03 bits per heavy atom. The van der Waals surface area contributed by atoms with Crippen molar-refractivity contribution in [3.05, 3.63) is 84.4 Å². The third-order valence-electron chi connectivity index (χ3n) is 4.37. The maximum absolute atomic E-state index is 12.4. The number of nitrogens with zero attached hydrogens (tertiary/aromatic N) is 1. The second-order valence-electron chi connectivity index (χ2n) is 6.92. The molecule has 0 fully saturated rings. The van der Waals surface area contributed by atoms with Crippen molar-refractivity contribution in [3.8, 4) is 11.5 Å². The SMILES string of the molecule is C[C@H](OC(=O)c1ccc(Oc2ccccc2)cc1)C(=O)Nc1ccc(N(C)C)cc1. The van der Waals surface area contributed by atoms with Crippen molar-refractivity contribution in [2.45, 2.75) is 13.0 Å². The van der Waals surface area contributed by atoms with Crippen LogP contribution >= 0.6 is 0 Å². The van der Waals surface area contributed by atoms with E-state index >= 15 is 0 Å². The summed E-state index contributed by atoms with van der Waals surface area (Å²) in [6.07, 6.45) is -0.939. The Hall–Kier alpha value is -3.80. The van der Waals surface area contributed by atoms with Gasteiger partial charge in [-0.15, -0.1) is 0 Å². The summed E-state index contributed by atoms with van der Waals surface area (Å²) in [7, 11) is 3.88. The van der Waals surface area contributed by atoms with Crippen molar-refractivity contribution in [1.29, 1.82) is 0 Å². The standard InChI is InChI=1S/C24H24N2O4/c1-17(23(27)25-19-11-13-20(14-12-19)26(2)3)29-24(28)18-9-15-22(16-10-18)30-21-7-5-4-6-8-21/h4-17H,1-3H3,(H,25,27)/t17-/m0/s1. The van der Waals surface area contributed by atoms with Crippen molar-refractivity contribution < 1.29 is 19.1 Å². The lowest BCUT2D eigenvalue weighted by Gasteiger charge is -2.15. The van der Waals surface area contributed by atoms with Crippen LogP contribution in [0, 0.1) is 0 Å².